The van der Waals surface area contributed by atoms with Gasteiger partial charge in [0.25, 0.3) is 0 Å². The molecule has 0 spiro atoms. The van der Waals surface area contributed by atoms with Crippen LogP contribution in [0.15, 0.2) is 30.6 Å². The van der Waals surface area contributed by atoms with Crippen LogP contribution in [0.4, 0.5) is 0 Å². The highest BCUT2D eigenvalue weighted by molar-refractivity contribution is 7.18. The van der Waals surface area contributed by atoms with Gasteiger partial charge in [-0.15, -0.1) is 17.5 Å². The van der Waals surface area contributed by atoms with Crippen molar-refractivity contribution in [3.05, 3.63) is 63.3 Å². The Bertz CT molecular complexity index is 1190. The third-order valence-corrected chi connectivity index (χ3v) is 7.41. The highest BCUT2D eigenvalue weighted by atomic mass is 32.1. The molecule has 7 heteroatoms. The monoisotopic (exact) mass is 451 g/mol. The number of quaternary nitrogens is 1. The zero-order valence-corrected chi connectivity index (χ0v) is 19.8. The van der Waals surface area contributed by atoms with Crippen molar-refractivity contribution in [3.63, 3.8) is 0 Å². The third kappa shape index (κ3) is 3.68. The molecule has 2 aromatic heterocycles. The van der Waals surface area contributed by atoms with E-state index in [2.05, 4.69) is 29.9 Å². The van der Waals surface area contributed by atoms with E-state index in [0.29, 0.717) is 11.3 Å². The van der Waals surface area contributed by atoms with E-state index >= 15 is 0 Å². The van der Waals surface area contributed by atoms with Crippen LogP contribution in [0.2, 0.25) is 0 Å². The molecule has 2 unspecified atom stereocenters. The number of aliphatic carboxylic acids is 1. The number of ether oxygens (including phenoxy) is 1. The maximum absolute atomic E-state index is 12.5. The number of rotatable bonds is 4. The van der Waals surface area contributed by atoms with Crippen LogP contribution in [0.3, 0.4) is 0 Å². The van der Waals surface area contributed by atoms with E-state index in [1.54, 1.807) is 11.3 Å². The first-order valence-electron chi connectivity index (χ1n) is 11.2. The Balaban J connectivity index is 1.80. The Labute approximate surface area is 192 Å². The first-order chi connectivity index (χ1) is 15.2. The average molecular weight is 452 g/mol. The second-order valence-electron chi connectivity index (χ2n) is 9.71. The summed E-state index contributed by atoms with van der Waals surface area (Å²) >= 11 is 1.76. The van der Waals surface area contributed by atoms with Gasteiger partial charge in [-0.1, -0.05) is 0 Å². The van der Waals surface area contributed by atoms with Crippen molar-refractivity contribution in [1.82, 2.24) is 4.98 Å². The lowest BCUT2D eigenvalue weighted by Crippen LogP contribution is -3.05. The molecule has 0 radical (unpaired) electrons. The molecule has 0 aromatic carbocycles. The molecular weight excluding hydrogens is 422 g/mol. The smallest absolute Gasteiger partial charge is 0.337 e. The summed E-state index contributed by atoms with van der Waals surface area (Å²) in [6.07, 6.45) is 13.6. The minimum absolute atomic E-state index is 0.193. The van der Waals surface area contributed by atoms with Gasteiger partial charge >= 0.3 is 5.97 Å². The van der Waals surface area contributed by atoms with E-state index in [9.17, 15) is 9.90 Å². The number of aromatic nitrogens is 1. The van der Waals surface area contributed by atoms with Gasteiger partial charge in [0, 0.05) is 32.7 Å². The van der Waals surface area contributed by atoms with Gasteiger partial charge in [0.05, 0.1) is 11.8 Å². The molecule has 1 aliphatic carbocycles. The number of allylic oxidation sites excluding steroid dienone is 2. The topological polar surface area (TPSA) is 78.0 Å². The zero-order chi connectivity index (χ0) is 22.6. The predicted molar refractivity (Wildman–Crippen MR) is 127 cm³/mol. The number of aryl methyl sites for hydroxylation is 3. The minimum Gasteiger partial charge on any atom is -0.490 e. The number of carbonyl (C=O) groups is 1. The predicted octanol–water partition coefficient (Wildman–Crippen LogP) is 4.40. The molecule has 0 amide bonds. The molecule has 32 heavy (non-hydrogen) atoms. The number of thiophene rings is 1. The second kappa shape index (κ2) is 7.83. The van der Waals surface area contributed by atoms with Crippen molar-refractivity contribution in [2.45, 2.75) is 71.1 Å². The van der Waals surface area contributed by atoms with Gasteiger partial charge in [0.15, 0.2) is 6.10 Å². The van der Waals surface area contributed by atoms with E-state index in [0.717, 1.165) is 45.6 Å². The van der Waals surface area contributed by atoms with Crippen molar-refractivity contribution in [1.29, 1.82) is 0 Å². The Morgan fingerprint density at radius 1 is 1.31 bits per heavy atom. The number of hydrogen-bond acceptors (Lipinski definition) is 4. The Morgan fingerprint density at radius 2 is 2.09 bits per heavy atom. The number of carboxylic acid groups (broad SMARTS) is 1. The summed E-state index contributed by atoms with van der Waals surface area (Å²) in [6, 6.07) is 0.193. The molecular formula is C25H29N3O3S. The lowest BCUT2D eigenvalue weighted by Gasteiger charge is -2.31. The van der Waals surface area contributed by atoms with Crippen LogP contribution in [0.25, 0.3) is 21.2 Å². The molecule has 2 N–H and O–H groups in total. The van der Waals surface area contributed by atoms with Gasteiger partial charge in [-0.25, -0.2) is 9.78 Å². The second-order valence-corrected chi connectivity index (χ2v) is 10.8. The van der Waals surface area contributed by atoms with Gasteiger partial charge in [-0.3, -0.25) is 0 Å². The maximum atomic E-state index is 12.5. The van der Waals surface area contributed by atoms with Crippen LogP contribution >= 0.6 is 11.3 Å². The molecule has 4 heterocycles. The van der Waals surface area contributed by atoms with Crippen LogP contribution in [0, 0.1) is 6.92 Å². The maximum Gasteiger partial charge on any atom is 0.337 e. The Morgan fingerprint density at radius 3 is 2.84 bits per heavy atom. The minimum atomic E-state index is -1.10. The summed E-state index contributed by atoms with van der Waals surface area (Å²) in [5.74, 6) is -0.993. The van der Waals surface area contributed by atoms with Gasteiger partial charge in [-0.05, 0) is 77.2 Å². The van der Waals surface area contributed by atoms with Gasteiger partial charge < -0.3 is 20.3 Å². The number of nitrogens with zero attached hydrogens (tertiary/aromatic N) is 2. The first kappa shape index (κ1) is 21.4. The summed E-state index contributed by atoms with van der Waals surface area (Å²) in [7, 11) is 0. The lowest BCUT2D eigenvalue weighted by molar-refractivity contribution is -0.811. The van der Waals surface area contributed by atoms with Crippen LogP contribution in [0.1, 0.15) is 67.0 Å². The van der Waals surface area contributed by atoms with Crippen molar-refractivity contribution in [2.24, 2.45) is 0 Å². The normalized spacial score (nSPS) is 22.9. The number of carboxylic acids is 1. The Hall–Kier alpha value is -2.48. The van der Waals surface area contributed by atoms with E-state index in [-0.39, 0.29) is 6.04 Å². The number of pyridine rings is 1. The Kier molecular flexibility index (Phi) is 5.23. The number of fused-ring (bicyclic) bond motifs is 4. The molecule has 2 aliphatic heterocycles. The summed E-state index contributed by atoms with van der Waals surface area (Å²) < 4.78 is 6.12. The molecule has 6 nitrogen and oxygen atoms in total. The lowest BCUT2D eigenvalue weighted by atomic mass is 9.87. The summed E-state index contributed by atoms with van der Waals surface area (Å²) in [4.78, 5) is 19.8. The molecule has 0 bridgehead atoms. The third-order valence-electron chi connectivity index (χ3n) is 6.22. The van der Waals surface area contributed by atoms with Crippen LogP contribution in [-0.2, 0) is 22.4 Å². The fourth-order valence-corrected chi connectivity index (χ4v) is 6.21. The molecule has 0 saturated heterocycles. The van der Waals surface area contributed by atoms with Gasteiger partial charge in [-0.2, -0.15) is 0 Å². The fourth-order valence-electron chi connectivity index (χ4n) is 4.90. The van der Waals surface area contributed by atoms with Crippen molar-refractivity contribution in [2.75, 3.05) is 0 Å². The van der Waals surface area contributed by atoms with Gasteiger partial charge in [0.2, 0.25) is 0 Å². The summed E-state index contributed by atoms with van der Waals surface area (Å²) in [6.45, 7) is 7.57. The largest absolute Gasteiger partial charge is 0.490 e. The van der Waals surface area contributed by atoms with Crippen LogP contribution < -0.4 is 5.01 Å². The first-order valence-corrected chi connectivity index (χ1v) is 12.0. The van der Waals surface area contributed by atoms with E-state index in [1.807, 2.05) is 33.9 Å². The molecule has 3 aliphatic rings. The molecule has 0 saturated carbocycles. The summed E-state index contributed by atoms with van der Waals surface area (Å²) in [5, 5.41) is 12.3. The number of hydrogen-bond donors (Lipinski definition) is 2. The average Bonchev–Trinajstić information content (AvgIpc) is 3.33. The van der Waals surface area contributed by atoms with Crippen molar-refractivity contribution >= 4 is 33.1 Å². The molecule has 168 valence electrons. The zero-order valence-electron chi connectivity index (χ0n) is 18.9. The van der Waals surface area contributed by atoms with Crippen molar-refractivity contribution in [3.8, 4) is 0 Å². The van der Waals surface area contributed by atoms with Crippen LogP contribution in [0.5, 0.6) is 0 Å². The van der Waals surface area contributed by atoms with Crippen LogP contribution in [-0.4, -0.2) is 27.7 Å². The molecule has 5 rings (SSSR count). The molecule has 2 aromatic rings. The van der Waals surface area contributed by atoms with E-state index in [4.69, 9.17) is 9.72 Å². The SMILES string of the molecule is Cc1nc2sc3c(c2c(C2=C[NH+]4[N-]C=CC4C=C2)c1[C@H](OC(C)(C)C)C(=O)O)CCCC3. The molecule has 3 atom stereocenters. The summed E-state index contributed by atoms with van der Waals surface area (Å²) in [5.41, 5.74) is 8.56. The van der Waals surface area contributed by atoms with Gasteiger partial charge in [0.1, 0.15) is 10.9 Å². The van der Waals surface area contributed by atoms with E-state index in [1.165, 1.54) is 16.9 Å². The highest BCUT2D eigenvalue weighted by Gasteiger charge is 2.35. The molecule has 0 fully saturated rings. The quantitative estimate of drug-likeness (QED) is 0.722. The fraction of sp³-hybridized carbons (Fsp3) is 0.440. The number of nitrogens with one attached hydrogen (secondary N) is 1. The standard InChI is InChI=1S/C25H29N3O3S/c1-14-19(22(24(29)30)31-25(2,3)4)20(15-9-10-16-11-12-26-28(16)13-15)21-17-7-5-6-8-18(17)32-23(21)27-14/h9-13,16,22,28H,5-8H2,1-4H3,(H,29,30)/t16?,22-/m0/s1. The highest BCUT2D eigenvalue weighted by Crippen LogP contribution is 2.44. The van der Waals surface area contributed by atoms with Crippen molar-refractivity contribution < 1.29 is 19.6 Å². The van der Waals surface area contributed by atoms with E-state index < -0.39 is 17.7 Å².